The van der Waals surface area contributed by atoms with Crippen molar-refractivity contribution < 1.29 is 19.1 Å². The number of nitrogens with two attached hydrogens (primary N) is 1. The highest BCUT2D eigenvalue weighted by Gasteiger charge is 2.35. The maximum Gasteiger partial charge on any atom is 0.296 e. The lowest BCUT2D eigenvalue weighted by Gasteiger charge is -2.28. The number of ketones is 2. The van der Waals surface area contributed by atoms with Crippen LogP contribution < -0.4 is 10.6 Å². The number of nitrogen functional groups attached to an aromatic ring is 1. The molecule has 1 saturated heterocycles. The summed E-state index contributed by atoms with van der Waals surface area (Å²) in [5.74, 6) is -1.84. The summed E-state index contributed by atoms with van der Waals surface area (Å²) in [6.07, 6.45) is 2.26. The topological polar surface area (TPSA) is 119 Å². The lowest BCUT2D eigenvalue weighted by atomic mass is 10.0. The summed E-state index contributed by atoms with van der Waals surface area (Å²) in [5, 5.41) is 0. The zero-order chi connectivity index (χ0) is 23.5. The molecular weight excluding hydrogens is 422 g/mol. The number of carbonyl (C=O) groups excluding carboxylic acids is 3. The molecule has 0 spiro atoms. The molecule has 1 atom stereocenters. The van der Waals surface area contributed by atoms with E-state index in [-0.39, 0.29) is 42.8 Å². The van der Waals surface area contributed by atoms with E-state index >= 15 is 0 Å². The highest BCUT2D eigenvalue weighted by atomic mass is 16.5. The summed E-state index contributed by atoms with van der Waals surface area (Å²) in [5.41, 5.74) is 8.50. The van der Waals surface area contributed by atoms with Crippen molar-refractivity contribution in [2.45, 2.75) is 39.3 Å². The van der Waals surface area contributed by atoms with E-state index in [0.717, 1.165) is 30.8 Å². The van der Waals surface area contributed by atoms with Gasteiger partial charge in [0.1, 0.15) is 11.6 Å². The van der Waals surface area contributed by atoms with Crippen LogP contribution in [0.2, 0.25) is 0 Å². The SMILES string of the molecule is COC[C@@H](C)C(=O)c1nc(N)c2c(n1)N(Cc1cccc(CN3CCCC3)c1)C(=O)C(=O)C2. The highest BCUT2D eigenvalue weighted by molar-refractivity contribution is 6.43. The van der Waals surface area contributed by atoms with Gasteiger partial charge >= 0.3 is 0 Å². The molecular formula is C24H29N5O4. The summed E-state index contributed by atoms with van der Waals surface area (Å²) in [6, 6.07) is 7.97. The summed E-state index contributed by atoms with van der Waals surface area (Å²) < 4.78 is 5.06. The Morgan fingerprint density at radius 3 is 2.55 bits per heavy atom. The number of aromatic nitrogens is 2. The molecule has 1 amide bonds. The number of benzene rings is 1. The number of amides is 1. The average Bonchev–Trinajstić information content (AvgIpc) is 3.30. The molecule has 9 heteroatoms. The Bertz CT molecular complexity index is 1080. The average molecular weight is 452 g/mol. The predicted octanol–water partition coefficient (Wildman–Crippen LogP) is 1.78. The standard InChI is InChI=1S/C24H29N5O4/c1-15(14-33-2)20(31)22-26-21(25)18-11-19(30)24(32)29(23(18)27-22)13-17-7-5-6-16(10-17)12-28-8-3-4-9-28/h5-7,10,15H,3-4,8-9,11-14H2,1-2H3,(H2,25,26,27)/t15-/m1/s1. The molecule has 3 heterocycles. The molecule has 2 N–H and O–H groups in total. The number of methoxy groups -OCH3 is 1. The van der Waals surface area contributed by atoms with Gasteiger partial charge in [-0.2, -0.15) is 0 Å². The van der Waals surface area contributed by atoms with Crippen molar-refractivity contribution in [3.63, 3.8) is 0 Å². The maximum absolute atomic E-state index is 12.8. The van der Waals surface area contributed by atoms with E-state index in [1.54, 1.807) is 6.92 Å². The Balaban J connectivity index is 1.64. The van der Waals surface area contributed by atoms with Crippen molar-refractivity contribution in [3.8, 4) is 0 Å². The second-order valence-corrected chi connectivity index (χ2v) is 8.75. The van der Waals surface area contributed by atoms with Crippen LogP contribution in [0.5, 0.6) is 0 Å². The third-order valence-electron chi connectivity index (χ3n) is 6.12. The molecule has 1 fully saturated rings. The van der Waals surface area contributed by atoms with Gasteiger partial charge in [-0.1, -0.05) is 31.2 Å². The van der Waals surface area contributed by atoms with Gasteiger partial charge in [-0.05, 0) is 37.1 Å². The number of Topliss-reactive ketones (excluding diaryl/α,β-unsaturated/α-hetero) is 2. The number of anilines is 2. The molecule has 9 nitrogen and oxygen atoms in total. The van der Waals surface area contributed by atoms with Crippen molar-refractivity contribution in [2.24, 2.45) is 5.92 Å². The monoisotopic (exact) mass is 451 g/mol. The number of hydrogen-bond donors (Lipinski definition) is 1. The predicted molar refractivity (Wildman–Crippen MR) is 123 cm³/mol. The number of hydrogen-bond acceptors (Lipinski definition) is 8. The minimum Gasteiger partial charge on any atom is -0.384 e. The van der Waals surface area contributed by atoms with Crippen molar-refractivity contribution in [1.29, 1.82) is 0 Å². The molecule has 4 rings (SSSR count). The van der Waals surface area contributed by atoms with E-state index < -0.39 is 17.6 Å². The molecule has 0 bridgehead atoms. The molecule has 174 valence electrons. The van der Waals surface area contributed by atoms with E-state index in [2.05, 4.69) is 20.9 Å². The molecule has 2 aliphatic rings. The van der Waals surface area contributed by atoms with Crippen LogP contribution in [-0.2, 0) is 33.8 Å². The molecule has 2 aliphatic heterocycles. The second-order valence-electron chi connectivity index (χ2n) is 8.75. The first-order valence-electron chi connectivity index (χ1n) is 11.2. The van der Waals surface area contributed by atoms with Crippen molar-refractivity contribution >= 4 is 29.1 Å². The van der Waals surface area contributed by atoms with Crippen LogP contribution in [0.4, 0.5) is 11.6 Å². The molecule has 0 saturated carbocycles. The second kappa shape index (κ2) is 9.76. The lowest BCUT2D eigenvalue weighted by molar-refractivity contribution is -0.136. The van der Waals surface area contributed by atoms with Crippen LogP contribution in [0.1, 0.15) is 47.1 Å². The highest BCUT2D eigenvalue weighted by Crippen LogP contribution is 2.30. The van der Waals surface area contributed by atoms with Gasteiger partial charge in [-0.15, -0.1) is 0 Å². The quantitative estimate of drug-likeness (QED) is 0.477. The first-order chi connectivity index (χ1) is 15.9. The van der Waals surface area contributed by atoms with Gasteiger partial charge in [0.25, 0.3) is 5.91 Å². The number of carbonyl (C=O) groups is 3. The molecule has 1 aromatic carbocycles. The van der Waals surface area contributed by atoms with E-state index in [9.17, 15) is 14.4 Å². The first kappa shape index (κ1) is 23.0. The molecule has 33 heavy (non-hydrogen) atoms. The van der Waals surface area contributed by atoms with Crippen LogP contribution in [0, 0.1) is 5.92 Å². The molecule has 2 aromatic rings. The smallest absolute Gasteiger partial charge is 0.296 e. The van der Waals surface area contributed by atoms with Gasteiger partial charge < -0.3 is 10.5 Å². The minimum absolute atomic E-state index is 0.0431. The fourth-order valence-electron chi connectivity index (χ4n) is 4.38. The third-order valence-corrected chi connectivity index (χ3v) is 6.12. The van der Waals surface area contributed by atoms with Gasteiger partial charge in [0, 0.05) is 31.6 Å². The van der Waals surface area contributed by atoms with Crippen LogP contribution in [0.25, 0.3) is 0 Å². The number of rotatable bonds is 8. The zero-order valence-corrected chi connectivity index (χ0v) is 19.0. The van der Waals surface area contributed by atoms with E-state index in [1.807, 2.05) is 18.2 Å². The van der Waals surface area contributed by atoms with Gasteiger partial charge in [-0.25, -0.2) is 9.97 Å². The Morgan fingerprint density at radius 2 is 1.85 bits per heavy atom. The van der Waals surface area contributed by atoms with Crippen molar-refractivity contribution in [1.82, 2.24) is 14.9 Å². The Hall–Kier alpha value is -3.17. The minimum atomic E-state index is -0.658. The third kappa shape index (κ3) is 4.94. The summed E-state index contributed by atoms with van der Waals surface area (Å²) in [4.78, 5) is 50.3. The Morgan fingerprint density at radius 1 is 1.15 bits per heavy atom. The summed E-state index contributed by atoms with van der Waals surface area (Å²) in [7, 11) is 1.51. The van der Waals surface area contributed by atoms with E-state index in [1.165, 1.54) is 24.9 Å². The van der Waals surface area contributed by atoms with Crippen LogP contribution in [0.15, 0.2) is 24.3 Å². The lowest BCUT2D eigenvalue weighted by Crippen LogP contribution is -2.43. The van der Waals surface area contributed by atoms with Gasteiger partial charge in [-0.3, -0.25) is 24.2 Å². The maximum atomic E-state index is 12.8. The first-order valence-corrected chi connectivity index (χ1v) is 11.2. The number of ether oxygens (including phenoxy) is 1. The zero-order valence-electron chi connectivity index (χ0n) is 19.0. The van der Waals surface area contributed by atoms with Crippen LogP contribution in [0.3, 0.4) is 0 Å². The molecule has 0 unspecified atom stereocenters. The normalized spacial score (nSPS) is 17.3. The summed E-state index contributed by atoms with van der Waals surface area (Å²) >= 11 is 0. The van der Waals surface area contributed by atoms with Crippen LogP contribution in [-0.4, -0.2) is 59.1 Å². The number of nitrogens with zero attached hydrogens (tertiary/aromatic N) is 4. The fourth-order valence-corrected chi connectivity index (χ4v) is 4.38. The largest absolute Gasteiger partial charge is 0.384 e. The molecule has 0 radical (unpaired) electrons. The van der Waals surface area contributed by atoms with Gasteiger partial charge in [0.2, 0.25) is 11.6 Å². The molecule has 1 aromatic heterocycles. The number of fused-ring (bicyclic) bond motifs is 1. The number of likely N-dealkylation sites (tertiary alicyclic amines) is 1. The van der Waals surface area contributed by atoms with Crippen LogP contribution >= 0.6 is 0 Å². The van der Waals surface area contributed by atoms with Crippen molar-refractivity contribution in [3.05, 3.63) is 46.8 Å². The van der Waals surface area contributed by atoms with Gasteiger partial charge in [0.15, 0.2) is 5.82 Å². The molecule has 0 aliphatic carbocycles. The fraction of sp³-hybridized carbons (Fsp3) is 0.458. The van der Waals surface area contributed by atoms with Crippen molar-refractivity contribution in [2.75, 3.05) is 37.4 Å². The Kier molecular flexibility index (Phi) is 6.80. The Labute approximate surface area is 192 Å². The van der Waals surface area contributed by atoms with E-state index in [0.29, 0.717) is 5.56 Å². The van der Waals surface area contributed by atoms with E-state index in [4.69, 9.17) is 10.5 Å². The summed E-state index contributed by atoms with van der Waals surface area (Å²) in [6.45, 7) is 5.11. The van der Waals surface area contributed by atoms with Gasteiger partial charge in [0.05, 0.1) is 13.2 Å².